The van der Waals surface area contributed by atoms with Crippen LogP contribution in [0.1, 0.15) is 232 Å². The highest BCUT2D eigenvalue weighted by molar-refractivity contribution is 5.76. The molecule has 0 aromatic heterocycles. The molecule has 0 spiro atoms. The highest BCUT2D eigenvalue weighted by Gasteiger charge is 2.17. The predicted octanol–water partition coefficient (Wildman–Crippen LogP) is 12.7. The maximum absolute atomic E-state index is 12.3. The van der Waals surface area contributed by atoms with Crippen LogP contribution in [0.15, 0.2) is 12.2 Å². The number of nitrogens with one attached hydrogen (secondary N) is 1. The Bertz CT molecular complexity index is 622. The molecule has 0 aliphatic heterocycles. The summed E-state index contributed by atoms with van der Waals surface area (Å²) in [5.41, 5.74) is 0. The molecule has 46 heavy (non-hydrogen) atoms. The van der Waals surface area contributed by atoms with E-state index in [0.717, 1.165) is 25.7 Å². The van der Waals surface area contributed by atoms with Crippen LogP contribution in [-0.2, 0) is 4.79 Å². The smallest absolute Gasteiger partial charge is 0.220 e. The van der Waals surface area contributed by atoms with Crippen molar-refractivity contribution in [1.82, 2.24) is 5.32 Å². The molecule has 0 aromatic carbocycles. The summed E-state index contributed by atoms with van der Waals surface area (Å²) in [5.74, 6) is -0.0623. The van der Waals surface area contributed by atoms with Gasteiger partial charge in [0.25, 0.3) is 0 Å². The van der Waals surface area contributed by atoms with Gasteiger partial charge in [0, 0.05) is 6.42 Å². The molecule has 3 N–H and O–H groups in total. The lowest BCUT2D eigenvalue weighted by Gasteiger charge is -2.20. The quantitative estimate of drug-likeness (QED) is 0.0460. The minimum Gasteiger partial charge on any atom is -0.394 e. The summed E-state index contributed by atoms with van der Waals surface area (Å²) < 4.78 is 0. The van der Waals surface area contributed by atoms with Gasteiger partial charge in [-0.15, -0.1) is 0 Å². The second-order valence-corrected chi connectivity index (χ2v) is 14.4. The Balaban J connectivity index is 3.43. The standard InChI is InChI=1S/C42H83NO3/c1-3-5-7-9-11-13-14-15-16-17-18-19-20-21-22-23-24-25-26-27-28-30-32-34-36-38-42(46)43-40(39-44)41(45)37-35-33-31-29-12-10-8-6-4-2/h35,37,40-41,44-45H,3-34,36,38-39H2,1-2H3,(H,43,46)/b37-35+. The van der Waals surface area contributed by atoms with Crippen LogP contribution in [0.2, 0.25) is 0 Å². The van der Waals surface area contributed by atoms with E-state index in [2.05, 4.69) is 19.2 Å². The zero-order valence-corrected chi connectivity index (χ0v) is 31.4. The lowest BCUT2D eigenvalue weighted by Crippen LogP contribution is -2.45. The molecule has 0 saturated carbocycles. The number of amides is 1. The Kier molecular flexibility index (Phi) is 37.8. The average molecular weight is 650 g/mol. The van der Waals surface area contributed by atoms with Gasteiger partial charge in [0.1, 0.15) is 0 Å². The predicted molar refractivity (Wildman–Crippen MR) is 202 cm³/mol. The summed E-state index contributed by atoms with van der Waals surface area (Å²) in [4.78, 5) is 12.3. The fraction of sp³-hybridized carbons (Fsp3) is 0.929. The van der Waals surface area contributed by atoms with Crippen molar-refractivity contribution in [3.63, 3.8) is 0 Å². The maximum atomic E-state index is 12.3. The fourth-order valence-electron chi connectivity index (χ4n) is 6.53. The van der Waals surface area contributed by atoms with E-state index in [0.29, 0.717) is 6.42 Å². The number of allylic oxidation sites excluding steroid dienone is 1. The number of carbonyl (C=O) groups excluding carboxylic acids is 1. The van der Waals surface area contributed by atoms with Crippen molar-refractivity contribution in [2.45, 2.75) is 244 Å². The van der Waals surface area contributed by atoms with E-state index in [1.807, 2.05) is 6.08 Å². The number of aliphatic hydroxyl groups is 2. The molecule has 0 heterocycles. The number of hydrogen-bond donors (Lipinski definition) is 3. The number of aliphatic hydroxyl groups excluding tert-OH is 2. The van der Waals surface area contributed by atoms with Crippen molar-refractivity contribution in [1.29, 1.82) is 0 Å². The number of hydrogen-bond acceptors (Lipinski definition) is 3. The normalized spacial score (nSPS) is 13.0. The van der Waals surface area contributed by atoms with Gasteiger partial charge in [0.05, 0.1) is 18.8 Å². The van der Waals surface area contributed by atoms with E-state index in [1.165, 1.54) is 186 Å². The van der Waals surface area contributed by atoms with Crippen molar-refractivity contribution in [3.8, 4) is 0 Å². The summed E-state index contributed by atoms with van der Waals surface area (Å²) in [5, 5.41) is 22.8. The lowest BCUT2D eigenvalue weighted by molar-refractivity contribution is -0.123. The monoisotopic (exact) mass is 650 g/mol. The maximum Gasteiger partial charge on any atom is 0.220 e. The second kappa shape index (κ2) is 38.6. The molecule has 0 bridgehead atoms. The number of unbranched alkanes of at least 4 members (excludes halogenated alkanes) is 31. The average Bonchev–Trinajstić information content (AvgIpc) is 3.06. The summed E-state index contributed by atoms with van der Waals surface area (Å²) in [7, 11) is 0. The summed E-state index contributed by atoms with van der Waals surface area (Å²) >= 11 is 0. The third kappa shape index (κ3) is 34.5. The zero-order valence-electron chi connectivity index (χ0n) is 31.4. The number of carbonyl (C=O) groups is 1. The third-order valence-electron chi connectivity index (χ3n) is 9.77. The summed E-state index contributed by atoms with van der Waals surface area (Å²) in [6.07, 6.45) is 47.6. The van der Waals surface area contributed by atoms with Crippen LogP contribution in [-0.4, -0.2) is 34.9 Å². The van der Waals surface area contributed by atoms with Gasteiger partial charge in [-0.1, -0.05) is 219 Å². The minimum atomic E-state index is -0.831. The Morgan fingerprint density at radius 2 is 0.804 bits per heavy atom. The van der Waals surface area contributed by atoms with Crippen LogP contribution in [0.3, 0.4) is 0 Å². The molecule has 0 rings (SSSR count). The highest BCUT2D eigenvalue weighted by Crippen LogP contribution is 2.16. The van der Waals surface area contributed by atoms with Crippen LogP contribution >= 0.6 is 0 Å². The molecule has 4 heteroatoms. The first-order valence-electron chi connectivity index (χ1n) is 20.9. The molecule has 0 radical (unpaired) electrons. The first-order chi connectivity index (χ1) is 22.7. The molecule has 0 saturated heterocycles. The molecule has 2 unspecified atom stereocenters. The molecule has 274 valence electrons. The third-order valence-corrected chi connectivity index (χ3v) is 9.77. The highest BCUT2D eigenvalue weighted by atomic mass is 16.3. The van der Waals surface area contributed by atoms with E-state index in [1.54, 1.807) is 6.08 Å². The van der Waals surface area contributed by atoms with Gasteiger partial charge in [-0.05, 0) is 19.3 Å². The molecule has 1 amide bonds. The molecule has 4 nitrogen and oxygen atoms in total. The van der Waals surface area contributed by atoms with Crippen LogP contribution in [0.5, 0.6) is 0 Å². The lowest BCUT2D eigenvalue weighted by atomic mass is 10.0. The molecule has 0 fully saturated rings. The van der Waals surface area contributed by atoms with E-state index < -0.39 is 12.1 Å². The number of rotatable bonds is 38. The van der Waals surface area contributed by atoms with Gasteiger partial charge in [0.15, 0.2) is 0 Å². The van der Waals surface area contributed by atoms with Crippen LogP contribution in [0, 0.1) is 0 Å². The Labute approximate surface area is 288 Å². The molecule has 0 aliphatic rings. The largest absolute Gasteiger partial charge is 0.394 e. The van der Waals surface area contributed by atoms with Crippen molar-refractivity contribution in [2.75, 3.05) is 6.61 Å². The van der Waals surface area contributed by atoms with E-state index in [-0.39, 0.29) is 12.5 Å². The van der Waals surface area contributed by atoms with Gasteiger partial charge in [-0.25, -0.2) is 0 Å². The molecule has 0 aliphatic carbocycles. The second-order valence-electron chi connectivity index (χ2n) is 14.4. The van der Waals surface area contributed by atoms with E-state index in [9.17, 15) is 15.0 Å². The van der Waals surface area contributed by atoms with Gasteiger partial charge < -0.3 is 15.5 Å². The molecule has 0 aromatic rings. The van der Waals surface area contributed by atoms with Gasteiger partial charge in [0.2, 0.25) is 5.91 Å². The molecular formula is C42H83NO3. The molecular weight excluding hydrogens is 566 g/mol. The molecule has 2 atom stereocenters. The first kappa shape index (κ1) is 45.1. The minimum absolute atomic E-state index is 0.0623. The fourth-order valence-corrected chi connectivity index (χ4v) is 6.53. The van der Waals surface area contributed by atoms with Gasteiger partial charge in [-0.2, -0.15) is 0 Å². The summed E-state index contributed by atoms with van der Waals surface area (Å²) in [6.45, 7) is 4.29. The van der Waals surface area contributed by atoms with Crippen molar-refractivity contribution >= 4 is 5.91 Å². The Morgan fingerprint density at radius 1 is 0.500 bits per heavy atom. The topological polar surface area (TPSA) is 69.6 Å². The van der Waals surface area contributed by atoms with Crippen molar-refractivity contribution in [3.05, 3.63) is 12.2 Å². The SMILES string of the molecule is CCCCCCCCC/C=C/C(O)C(CO)NC(=O)CCCCCCCCCCCCCCCCCCCCCCCCCCC. The summed E-state index contributed by atoms with van der Waals surface area (Å²) in [6, 6.07) is -0.614. The van der Waals surface area contributed by atoms with Crippen LogP contribution in [0.25, 0.3) is 0 Å². The van der Waals surface area contributed by atoms with Gasteiger partial charge in [-0.3, -0.25) is 4.79 Å². The van der Waals surface area contributed by atoms with Crippen molar-refractivity contribution < 1.29 is 15.0 Å². The van der Waals surface area contributed by atoms with Gasteiger partial charge >= 0.3 is 0 Å². The Hall–Kier alpha value is -0.870. The van der Waals surface area contributed by atoms with Crippen molar-refractivity contribution in [2.24, 2.45) is 0 Å². The zero-order chi connectivity index (χ0) is 33.6. The van der Waals surface area contributed by atoms with Crippen LogP contribution in [0.4, 0.5) is 0 Å². The van der Waals surface area contributed by atoms with E-state index >= 15 is 0 Å². The Morgan fingerprint density at radius 3 is 1.13 bits per heavy atom. The van der Waals surface area contributed by atoms with Crippen LogP contribution < -0.4 is 5.32 Å². The van der Waals surface area contributed by atoms with E-state index in [4.69, 9.17) is 0 Å². The first-order valence-corrected chi connectivity index (χ1v) is 20.9.